The second-order valence-electron chi connectivity index (χ2n) is 16.6. The predicted octanol–water partition coefficient (Wildman–Crippen LogP) is 4.71. The predicted molar refractivity (Wildman–Crippen MR) is 237 cm³/mol. The Morgan fingerprint density at radius 2 is 1.63 bits per heavy atom. The molecule has 2 aliphatic rings. The van der Waals surface area contributed by atoms with Gasteiger partial charge in [0, 0.05) is 74.6 Å². The molecule has 332 valence electrons. The lowest BCUT2D eigenvalue weighted by Crippen LogP contribution is -2.49. The van der Waals surface area contributed by atoms with Crippen LogP contribution in [0.5, 0.6) is 11.5 Å². The van der Waals surface area contributed by atoms with E-state index in [1.54, 1.807) is 37.3 Å². The molecule has 14 heteroatoms. The summed E-state index contributed by atoms with van der Waals surface area (Å²) in [6.07, 6.45) is 5.40. The molecule has 1 unspecified atom stereocenters. The van der Waals surface area contributed by atoms with Crippen LogP contribution in [0, 0.1) is 24.2 Å². The van der Waals surface area contributed by atoms with Crippen molar-refractivity contribution in [3.63, 3.8) is 0 Å². The topological polar surface area (TPSA) is 224 Å². The van der Waals surface area contributed by atoms with Crippen LogP contribution in [-0.4, -0.2) is 97.1 Å². The lowest BCUT2D eigenvalue weighted by Gasteiger charge is -2.34. The van der Waals surface area contributed by atoms with Gasteiger partial charge in [-0.15, -0.1) is 0 Å². The molecule has 0 spiro atoms. The first-order chi connectivity index (χ1) is 29.8. The van der Waals surface area contributed by atoms with E-state index >= 15 is 0 Å². The third-order valence-electron chi connectivity index (χ3n) is 11.7. The zero-order chi connectivity index (χ0) is 44.9. The molecule has 4 bridgehead atoms. The van der Waals surface area contributed by atoms with E-state index in [4.69, 9.17) is 26.7 Å². The van der Waals surface area contributed by atoms with Gasteiger partial charge in [0.15, 0.2) is 11.6 Å². The first-order valence-electron chi connectivity index (χ1n) is 21.9. The maximum atomic E-state index is 14.9. The fourth-order valence-corrected chi connectivity index (χ4v) is 8.43. The molecule has 0 saturated carbocycles. The van der Waals surface area contributed by atoms with Gasteiger partial charge in [-0.3, -0.25) is 24.0 Å². The summed E-state index contributed by atoms with van der Waals surface area (Å²) < 4.78 is 12.3. The summed E-state index contributed by atoms with van der Waals surface area (Å²) in [5, 5.41) is 12.1. The van der Waals surface area contributed by atoms with E-state index in [9.17, 15) is 29.2 Å². The highest BCUT2D eigenvalue weighted by molar-refractivity contribution is 6.01. The van der Waals surface area contributed by atoms with Gasteiger partial charge >= 0.3 is 0 Å². The molecule has 7 N–H and O–H groups in total. The number of carbonyl (C=O) groups is 5. The van der Waals surface area contributed by atoms with Crippen molar-refractivity contribution >= 4 is 29.3 Å². The summed E-state index contributed by atoms with van der Waals surface area (Å²) >= 11 is 0. The van der Waals surface area contributed by atoms with Gasteiger partial charge in [-0.1, -0.05) is 57.4 Å². The highest BCUT2D eigenvalue weighted by Gasteiger charge is 2.43. The molecule has 1 saturated heterocycles. The van der Waals surface area contributed by atoms with Gasteiger partial charge in [0.2, 0.25) is 11.8 Å². The Labute approximate surface area is 365 Å². The molecular formula is C48H63N7O7. The average Bonchev–Trinajstić information content (AvgIpc) is 3.66. The number of fused-ring (bicyclic) bond motifs is 5. The number of Topliss-reactive ketones (excluding diaryl/α,β-unsaturated/α-hetero) is 2. The quantitative estimate of drug-likeness (QED) is 0.136. The molecule has 2 aliphatic heterocycles. The van der Waals surface area contributed by atoms with Crippen LogP contribution in [0.2, 0.25) is 0 Å². The number of ketones is 2. The first-order valence-corrected chi connectivity index (χ1v) is 21.9. The zero-order valence-corrected chi connectivity index (χ0v) is 36.6. The Hall–Kier alpha value is -5.62. The second-order valence-corrected chi connectivity index (χ2v) is 16.6. The lowest BCUT2D eigenvalue weighted by molar-refractivity contribution is -0.142. The van der Waals surface area contributed by atoms with Gasteiger partial charge in [0.25, 0.3) is 5.91 Å². The summed E-state index contributed by atoms with van der Waals surface area (Å²) in [5.74, 6) is -2.08. The number of nitrogens with two attached hydrogens (primary N) is 3. The molecule has 5 atom stereocenters. The van der Waals surface area contributed by atoms with E-state index in [1.165, 1.54) is 23.3 Å². The van der Waals surface area contributed by atoms with E-state index in [1.807, 2.05) is 37.3 Å². The standard InChI is InChI=1S/C48H63N7O7/c1-5-6-7-8-10-32-12-15-36(30(2)23-32)47(59)55-29-35(52)28-40(55)48(60)54(4)45-34-14-17-44(62-22-20-51)38(27-34)37-25-33(13-16-43(37)61-21-19-50)26-39(41(56)11-9-18-49)53-46(58)31(3)24-42(45)57/h12-17,23,25,27,31,35,39-40,45H,5-11,19-22,24,26,28-29,50-52H2,1-4H3,(H,53,58)/t31-,35-,39+,40?,45+/m1/s1. The van der Waals surface area contributed by atoms with E-state index in [-0.39, 0.29) is 76.6 Å². The van der Waals surface area contributed by atoms with Gasteiger partial charge < -0.3 is 41.8 Å². The van der Waals surface area contributed by atoms with Gasteiger partial charge in [-0.05, 0) is 85.2 Å². The van der Waals surface area contributed by atoms with Gasteiger partial charge in [-0.25, -0.2) is 0 Å². The average molecular weight is 850 g/mol. The van der Waals surface area contributed by atoms with Crippen LogP contribution in [-0.2, 0) is 32.0 Å². The number of rotatable bonds is 17. The number of nitrogens with zero attached hydrogens (tertiary/aromatic N) is 3. The third kappa shape index (κ3) is 11.6. The number of aryl methyl sites for hydroxylation is 2. The van der Waals surface area contributed by atoms with Crippen molar-refractivity contribution in [1.29, 1.82) is 5.26 Å². The Morgan fingerprint density at radius 1 is 0.935 bits per heavy atom. The molecule has 1 fully saturated rings. The van der Waals surface area contributed by atoms with Crippen LogP contribution in [0.15, 0.2) is 54.6 Å². The van der Waals surface area contributed by atoms with Crippen molar-refractivity contribution in [2.75, 3.05) is 39.9 Å². The van der Waals surface area contributed by atoms with Crippen LogP contribution in [0.1, 0.15) is 104 Å². The molecule has 62 heavy (non-hydrogen) atoms. The maximum absolute atomic E-state index is 14.9. The van der Waals surface area contributed by atoms with Crippen LogP contribution < -0.4 is 32.0 Å². The number of likely N-dealkylation sites (tertiary alicyclic amines) is 1. The number of hydrogen-bond donors (Lipinski definition) is 4. The summed E-state index contributed by atoms with van der Waals surface area (Å²) in [6, 6.07) is 14.8. The molecule has 0 aliphatic carbocycles. The number of nitrogens with one attached hydrogen (secondary N) is 1. The number of hydrogen-bond acceptors (Lipinski definition) is 11. The molecule has 14 nitrogen and oxygen atoms in total. The Kier molecular flexibility index (Phi) is 17.2. The van der Waals surface area contributed by atoms with Gasteiger partial charge in [0.1, 0.15) is 36.8 Å². The van der Waals surface area contributed by atoms with Crippen LogP contribution in [0.4, 0.5) is 0 Å². The Bertz CT molecular complexity index is 2130. The highest BCUT2D eigenvalue weighted by atomic mass is 16.5. The van der Waals surface area contributed by atoms with Crippen LogP contribution in [0.3, 0.4) is 0 Å². The van der Waals surface area contributed by atoms with Crippen molar-refractivity contribution in [2.45, 2.75) is 109 Å². The van der Waals surface area contributed by atoms with Crippen molar-refractivity contribution < 1.29 is 33.4 Å². The van der Waals surface area contributed by atoms with Crippen LogP contribution >= 0.6 is 0 Å². The normalized spacial score (nSPS) is 20.2. The molecule has 5 rings (SSSR count). The van der Waals surface area contributed by atoms with E-state index in [2.05, 4.69) is 12.2 Å². The van der Waals surface area contributed by atoms with Gasteiger partial charge in [0.05, 0.1) is 12.1 Å². The van der Waals surface area contributed by atoms with Crippen molar-refractivity contribution in [3.8, 4) is 28.7 Å². The van der Waals surface area contributed by atoms with E-state index < -0.39 is 47.7 Å². The SMILES string of the molecule is CCCCCCc1ccc(C(=O)N2C[C@H](N)CC2C(=O)N(C)[C@@H]2C(=O)C[C@@H](C)C(=O)N[C@H](C(=O)CCC#N)Cc3ccc(OCCN)c(c3)-c3cc2ccc3OCCN)c(C)c1. The summed E-state index contributed by atoms with van der Waals surface area (Å²) in [5.41, 5.74) is 22.9. The number of nitriles is 1. The molecule has 3 aromatic rings. The lowest BCUT2D eigenvalue weighted by atomic mass is 9.89. The molecule has 3 amide bonds. The van der Waals surface area contributed by atoms with Crippen molar-refractivity contribution in [1.82, 2.24) is 15.1 Å². The first kappa shape index (κ1) is 47.4. The van der Waals surface area contributed by atoms with Crippen molar-refractivity contribution in [3.05, 3.63) is 82.4 Å². The summed E-state index contributed by atoms with van der Waals surface area (Å²) in [6.45, 7) is 6.66. The monoisotopic (exact) mass is 849 g/mol. The Balaban J connectivity index is 1.58. The molecule has 0 aromatic heterocycles. The van der Waals surface area contributed by atoms with Crippen molar-refractivity contribution in [2.24, 2.45) is 23.1 Å². The summed E-state index contributed by atoms with van der Waals surface area (Å²) in [7, 11) is 1.53. The molecule has 2 heterocycles. The molecule has 0 radical (unpaired) electrons. The highest BCUT2D eigenvalue weighted by Crippen LogP contribution is 2.41. The molecule has 3 aromatic carbocycles. The Morgan fingerprint density at radius 3 is 2.29 bits per heavy atom. The smallest absolute Gasteiger partial charge is 0.254 e. The number of unbranched alkanes of at least 4 members (excludes halogenated alkanes) is 3. The van der Waals surface area contributed by atoms with E-state index in [0.717, 1.165) is 36.8 Å². The van der Waals surface area contributed by atoms with Gasteiger partial charge in [-0.2, -0.15) is 5.26 Å². The number of ether oxygens (including phenoxy) is 2. The van der Waals surface area contributed by atoms with Crippen LogP contribution in [0.25, 0.3) is 11.1 Å². The minimum Gasteiger partial charge on any atom is -0.492 e. The minimum absolute atomic E-state index is 0.0208. The van der Waals surface area contributed by atoms with E-state index in [0.29, 0.717) is 39.3 Å². The number of carbonyl (C=O) groups excluding carboxylic acids is 5. The number of benzene rings is 3. The third-order valence-corrected chi connectivity index (χ3v) is 11.7. The minimum atomic E-state index is -1.21. The number of amides is 3. The zero-order valence-electron chi connectivity index (χ0n) is 36.6. The fraction of sp³-hybridized carbons (Fsp3) is 0.500. The largest absolute Gasteiger partial charge is 0.492 e. The fourth-order valence-electron chi connectivity index (χ4n) is 8.43. The maximum Gasteiger partial charge on any atom is 0.254 e. The summed E-state index contributed by atoms with van der Waals surface area (Å²) in [4.78, 5) is 74.0. The second kappa shape index (κ2) is 22.5. The number of likely N-dealkylation sites (N-methyl/N-ethyl adjacent to an activating group) is 1. The molecular weight excluding hydrogens is 787 g/mol.